The van der Waals surface area contributed by atoms with Crippen molar-refractivity contribution < 1.29 is 4.79 Å². The molecule has 4 heteroatoms. The van der Waals surface area contributed by atoms with Crippen LogP contribution in [0, 0.1) is 5.92 Å². The molecule has 0 spiro atoms. The second-order valence-corrected chi connectivity index (χ2v) is 3.68. The third-order valence-corrected chi connectivity index (χ3v) is 2.28. The van der Waals surface area contributed by atoms with Gasteiger partial charge in [-0.25, -0.2) is 0 Å². The molecule has 1 aliphatic rings. The van der Waals surface area contributed by atoms with Crippen LogP contribution in [0.4, 0.5) is 0 Å². The zero-order valence-corrected chi connectivity index (χ0v) is 8.75. The number of amides is 1. The summed E-state index contributed by atoms with van der Waals surface area (Å²) in [6.45, 7) is 4.68. The van der Waals surface area contributed by atoms with Crippen molar-refractivity contribution in [3.63, 3.8) is 0 Å². The predicted octanol–water partition coefficient (Wildman–Crippen LogP) is 0.540. The van der Waals surface area contributed by atoms with Gasteiger partial charge in [0.2, 0.25) is 5.91 Å². The molecule has 1 saturated heterocycles. The molecular formula is C10H19N3O. The van der Waals surface area contributed by atoms with Gasteiger partial charge in [0.1, 0.15) is 0 Å². The average Bonchev–Trinajstić information content (AvgIpc) is 2.58. The molecule has 0 radical (unpaired) electrons. The molecular weight excluding hydrogens is 178 g/mol. The van der Waals surface area contributed by atoms with Crippen LogP contribution >= 0.6 is 0 Å². The topological polar surface area (TPSA) is 53.5 Å². The largest absolute Gasteiger partial charge is 0.376 e. The molecule has 1 heterocycles. The van der Waals surface area contributed by atoms with E-state index >= 15 is 0 Å². The molecule has 0 saturated carbocycles. The van der Waals surface area contributed by atoms with E-state index in [1.165, 1.54) is 12.8 Å². The van der Waals surface area contributed by atoms with Gasteiger partial charge in [0.25, 0.3) is 0 Å². The fourth-order valence-corrected chi connectivity index (χ4v) is 1.40. The summed E-state index contributed by atoms with van der Waals surface area (Å²) in [5, 5.41) is 5.92. The van der Waals surface area contributed by atoms with E-state index in [0.29, 0.717) is 12.3 Å². The summed E-state index contributed by atoms with van der Waals surface area (Å²) in [6, 6.07) is 0. The van der Waals surface area contributed by atoms with E-state index < -0.39 is 0 Å². The standard InChI is InChI=1S/C10H19N3O/c1-2-3-4-11-8-12-6-9-5-10(14)13-7-9/h8-9H,2-7H2,1H3,(H,11,12)(H,13,14). The number of hydrogen-bond acceptors (Lipinski definition) is 2. The van der Waals surface area contributed by atoms with Crippen molar-refractivity contribution in [2.75, 3.05) is 19.6 Å². The van der Waals surface area contributed by atoms with Crippen LogP contribution < -0.4 is 10.6 Å². The smallest absolute Gasteiger partial charge is 0.220 e. The van der Waals surface area contributed by atoms with Crippen LogP contribution in [0.25, 0.3) is 0 Å². The highest BCUT2D eigenvalue weighted by atomic mass is 16.1. The maximum Gasteiger partial charge on any atom is 0.220 e. The van der Waals surface area contributed by atoms with Gasteiger partial charge in [-0.1, -0.05) is 13.3 Å². The highest BCUT2D eigenvalue weighted by molar-refractivity contribution is 5.78. The van der Waals surface area contributed by atoms with Gasteiger partial charge in [-0.3, -0.25) is 9.79 Å². The predicted molar refractivity (Wildman–Crippen MR) is 57.4 cm³/mol. The molecule has 2 N–H and O–H groups in total. The Morgan fingerprint density at radius 2 is 2.57 bits per heavy atom. The normalized spacial score (nSPS) is 21.5. The summed E-state index contributed by atoms with van der Waals surface area (Å²) >= 11 is 0. The number of unbranched alkanes of at least 4 members (excludes halogenated alkanes) is 1. The minimum Gasteiger partial charge on any atom is -0.376 e. The molecule has 4 nitrogen and oxygen atoms in total. The molecule has 80 valence electrons. The lowest BCUT2D eigenvalue weighted by Crippen LogP contribution is -2.16. The second kappa shape index (κ2) is 6.40. The van der Waals surface area contributed by atoms with E-state index in [4.69, 9.17) is 0 Å². The van der Waals surface area contributed by atoms with Crippen LogP contribution in [0.15, 0.2) is 4.99 Å². The molecule has 1 rings (SSSR count). The zero-order chi connectivity index (χ0) is 10.2. The Kier molecular flexibility index (Phi) is 5.04. The molecule has 0 aromatic heterocycles. The van der Waals surface area contributed by atoms with Crippen LogP contribution in [0.5, 0.6) is 0 Å². The summed E-state index contributed by atoms with van der Waals surface area (Å²) in [4.78, 5) is 15.1. The van der Waals surface area contributed by atoms with Gasteiger partial charge < -0.3 is 10.6 Å². The number of carbonyl (C=O) groups excluding carboxylic acids is 1. The first-order valence-corrected chi connectivity index (χ1v) is 5.31. The quantitative estimate of drug-likeness (QED) is 0.371. The molecule has 1 unspecified atom stereocenters. The van der Waals surface area contributed by atoms with Crippen molar-refractivity contribution in [2.24, 2.45) is 10.9 Å². The summed E-state index contributed by atoms with van der Waals surface area (Å²) in [7, 11) is 0. The number of nitrogens with zero attached hydrogens (tertiary/aromatic N) is 1. The third-order valence-electron chi connectivity index (χ3n) is 2.28. The fourth-order valence-electron chi connectivity index (χ4n) is 1.40. The molecule has 0 aromatic carbocycles. The van der Waals surface area contributed by atoms with Crippen LogP contribution in [0.1, 0.15) is 26.2 Å². The van der Waals surface area contributed by atoms with Crippen molar-refractivity contribution in [3.05, 3.63) is 0 Å². The van der Waals surface area contributed by atoms with Crippen molar-refractivity contribution >= 4 is 12.2 Å². The van der Waals surface area contributed by atoms with Crippen molar-refractivity contribution in [1.82, 2.24) is 10.6 Å². The minimum absolute atomic E-state index is 0.157. The monoisotopic (exact) mass is 197 g/mol. The summed E-state index contributed by atoms with van der Waals surface area (Å²) in [5.41, 5.74) is 0. The maximum atomic E-state index is 10.8. The first-order chi connectivity index (χ1) is 6.83. The van der Waals surface area contributed by atoms with Crippen molar-refractivity contribution in [1.29, 1.82) is 0 Å². The number of nitrogens with one attached hydrogen (secondary N) is 2. The van der Waals surface area contributed by atoms with E-state index in [2.05, 4.69) is 22.5 Å². The summed E-state index contributed by atoms with van der Waals surface area (Å²) in [5.74, 6) is 0.552. The highest BCUT2D eigenvalue weighted by Crippen LogP contribution is 2.07. The van der Waals surface area contributed by atoms with Gasteiger partial charge in [-0.05, 0) is 6.42 Å². The molecule has 14 heavy (non-hydrogen) atoms. The molecule has 1 fully saturated rings. The van der Waals surface area contributed by atoms with E-state index in [0.717, 1.165) is 19.6 Å². The third kappa shape index (κ3) is 4.25. The Bertz CT molecular complexity index is 204. The number of aliphatic imine (C=N–C) groups is 1. The molecule has 1 aliphatic heterocycles. The van der Waals surface area contributed by atoms with E-state index in [-0.39, 0.29) is 5.91 Å². The van der Waals surface area contributed by atoms with Crippen molar-refractivity contribution in [2.45, 2.75) is 26.2 Å². The minimum atomic E-state index is 0.157. The summed E-state index contributed by atoms with van der Waals surface area (Å²) in [6.07, 6.45) is 4.77. The first-order valence-electron chi connectivity index (χ1n) is 5.31. The van der Waals surface area contributed by atoms with Gasteiger partial charge >= 0.3 is 0 Å². The van der Waals surface area contributed by atoms with Crippen molar-refractivity contribution in [3.8, 4) is 0 Å². The fraction of sp³-hybridized carbons (Fsp3) is 0.800. The molecule has 1 amide bonds. The van der Waals surface area contributed by atoms with Gasteiger partial charge in [0, 0.05) is 32.0 Å². The Balaban J connectivity index is 1.99. The Morgan fingerprint density at radius 3 is 3.21 bits per heavy atom. The second-order valence-electron chi connectivity index (χ2n) is 3.68. The SMILES string of the molecule is CCCCNC=NCC1CNC(=O)C1. The van der Waals surface area contributed by atoms with E-state index in [1.54, 1.807) is 6.34 Å². The lowest BCUT2D eigenvalue weighted by atomic mass is 10.1. The first kappa shape index (κ1) is 11.0. The maximum absolute atomic E-state index is 10.8. The van der Waals surface area contributed by atoms with Crippen LogP contribution in [0.2, 0.25) is 0 Å². The number of hydrogen-bond donors (Lipinski definition) is 2. The average molecular weight is 197 g/mol. The van der Waals surface area contributed by atoms with E-state index in [1.807, 2.05) is 0 Å². The van der Waals surface area contributed by atoms with Gasteiger partial charge in [-0.15, -0.1) is 0 Å². The van der Waals surface area contributed by atoms with Gasteiger partial charge in [0.05, 0.1) is 6.34 Å². The number of rotatable bonds is 6. The lowest BCUT2D eigenvalue weighted by molar-refractivity contribution is -0.119. The van der Waals surface area contributed by atoms with E-state index in [9.17, 15) is 4.79 Å². The molecule has 1 atom stereocenters. The Labute approximate surface area is 85.2 Å². The molecule has 0 aromatic rings. The van der Waals surface area contributed by atoms with Crippen LogP contribution in [0.3, 0.4) is 0 Å². The molecule has 0 bridgehead atoms. The lowest BCUT2D eigenvalue weighted by Gasteiger charge is -2.01. The summed E-state index contributed by atoms with van der Waals surface area (Å²) < 4.78 is 0. The number of carbonyl (C=O) groups is 1. The Hall–Kier alpha value is -1.06. The van der Waals surface area contributed by atoms with Crippen LogP contribution in [-0.2, 0) is 4.79 Å². The zero-order valence-electron chi connectivity index (χ0n) is 8.75. The van der Waals surface area contributed by atoms with Crippen LogP contribution in [-0.4, -0.2) is 31.9 Å². The van der Waals surface area contributed by atoms with Gasteiger partial charge in [-0.2, -0.15) is 0 Å². The highest BCUT2D eigenvalue weighted by Gasteiger charge is 2.20. The van der Waals surface area contributed by atoms with Gasteiger partial charge in [0.15, 0.2) is 0 Å². The molecule has 0 aliphatic carbocycles. The Morgan fingerprint density at radius 1 is 1.71 bits per heavy atom.